The van der Waals surface area contributed by atoms with Crippen LogP contribution in [0.3, 0.4) is 0 Å². The summed E-state index contributed by atoms with van der Waals surface area (Å²) in [4.78, 5) is 24.6. The highest BCUT2D eigenvalue weighted by Gasteiger charge is 2.29. The fourth-order valence-corrected chi connectivity index (χ4v) is 3.61. The quantitative estimate of drug-likeness (QED) is 0.690. The van der Waals surface area contributed by atoms with Crippen LogP contribution in [0.15, 0.2) is 41.5 Å². The van der Waals surface area contributed by atoms with Gasteiger partial charge in [-0.2, -0.15) is 18.3 Å². The van der Waals surface area contributed by atoms with Crippen LogP contribution in [0.2, 0.25) is 0 Å². The molecule has 0 saturated heterocycles. The van der Waals surface area contributed by atoms with Gasteiger partial charge >= 0.3 is 12.2 Å². The lowest BCUT2D eigenvalue weighted by Crippen LogP contribution is -2.41. The average molecular weight is 478 g/mol. The Balaban J connectivity index is 2.06. The third-order valence-corrected chi connectivity index (χ3v) is 5.30. The van der Waals surface area contributed by atoms with E-state index in [0.717, 1.165) is 5.56 Å². The van der Waals surface area contributed by atoms with Gasteiger partial charge in [-0.3, -0.25) is 4.79 Å². The number of hydrogen-bond donors (Lipinski definition) is 2. The Morgan fingerprint density at radius 2 is 1.74 bits per heavy atom. The van der Waals surface area contributed by atoms with E-state index in [-0.39, 0.29) is 11.6 Å². The van der Waals surface area contributed by atoms with Crippen LogP contribution in [-0.2, 0) is 6.42 Å². The number of carbonyl (C=O) groups is 2. The van der Waals surface area contributed by atoms with Gasteiger partial charge < -0.3 is 20.1 Å². The molecule has 8 nitrogen and oxygen atoms in total. The first-order chi connectivity index (χ1) is 16.1. The van der Waals surface area contributed by atoms with Crippen molar-refractivity contribution in [2.75, 3.05) is 27.8 Å². The Morgan fingerprint density at radius 1 is 1.12 bits per heavy atom. The van der Waals surface area contributed by atoms with Crippen LogP contribution >= 0.6 is 0 Å². The highest BCUT2D eigenvalue weighted by molar-refractivity contribution is 6.15. The third-order valence-electron chi connectivity index (χ3n) is 5.30. The molecule has 0 fully saturated rings. The molecule has 0 unspecified atom stereocenters. The topological polar surface area (TPSA) is 92.3 Å². The number of alkyl halides is 3. The van der Waals surface area contributed by atoms with E-state index < -0.39 is 24.7 Å². The first-order valence-electron chi connectivity index (χ1n) is 10.4. The molecule has 1 atom stereocenters. The smallest absolute Gasteiger partial charge is 0.405 e. The molecule has 182 valence electrons. The molecule has 2 N–H and O–H groups in total. The molecule has 2 aromatic rings. The molecule has 2 aromatic carbocycles. The molecule has 0 bridgehead atoms. The van der Waals surface area contributed by atoms with Crippen LogP contribution in [-0.4, -0.2) is 62.7 Å². The lowest BCUT2D eigenvalue weighted by Gasteiger charge is -2.22. The highest BCUT2D eigenvalue weighted by atomic mass is 19.4. The van der Waals surface area contributed by atoms with Gasteiger partial charge in [0, 0.05) is 23.7 Å². The minimum absolute atomic E-state index is 0.0614. The van der Waals surface area contributed by atoms with Crippen LogP contribution in [0.1, 0.15) is 34.0 Å². The highest BCUT2D eigenvalue weighted by Crippen LogP contribution is 2.34. The van der Waals surface area contributed by atoms with Crippen molar-refractivity contribution in [3.63, 3.8) is 0 Å². The predicted octanol–water partition coefficient (Wildman–Crippen LogP) is 3.33. The maximum atomic E-state index is 12.5. The van der Waals surface area contributed by atoms with Crippen LogP contribution in [0.4, 0.5) is 18.0 Å². The molecule has 1 aliphatic rings. The number of rotatable bonds is 5. The van der Waals surface area contributed by atoms with Crippen LogP contribution in [0, 0.1) is 0 Å². The summed E-state index contributed by atoms with van der Waals surface area (Å²) < 4.78 is 48.1. The van der Waals surface area contributed by atoms with Crippen LogP contribution < -0.4 is 20.1 Å². The number of hydrogen-bond acceptors (Lipinski definition) is 5. The summed E-state index contributed by atoms with van der Waals surface area (Å²) in [6.45, 7) is 0.435. The average Bonchev–Trinajstić information content (AvgIpc) is 2.96. The fraction of sp³-hybridized carbons (Fsp3) is 0.348. The molecule has 0 aliphatic carbocycles. The largest absolute Gasteiger partial charge is 0.493 e. The standard InChI is InChI=1S/C23H25F3N4O4/c1-13-9-16-10-18(33-3)19(34-4)11-17(16)20(29-30(13)22(32)27-2)14-5-7-15(8-6-14)21(31)28-12-23(24,25)26/h5-8,10-11,13H,9,12H2,1-4H3,(H,27,32)(H,28,31)/t13-/m1/s1. The van der Waals surface area contributed by atoms with E-state index in [9.17, 15) is 22.8 Å². The number of carbonyl (C=O) groups excluding carboxylic acids is 2. The van der Waals surface area contributed by atoms with E-state index in [0.29, 0.717) is 34.8 Å². The lowest BCUT2D eigenvalue weighted by atomic mass is 9.93. The number of halogens is 3. The van der Waals surface area contributed by atoms with Crippen molar-refractivity contribution in [2.24, 2.45) is 5.10 Å². The van der Waals surface area contributed by atoms with Crippen molar-refractivity contribution in [1.82, 2.24) is 15.6 Å². The van der Waals surface area contributed by atoms with Gasteiger partial charge in [0.2, 0.25) is 0 Å². The number of hydrazone groups is 1. The summed E-state index contributed by atoms with van der Waals surface area (Å²) in [5.74, 6) is 0.148. The first kappa shape index (κ1) is 24.9. The van der Waals surface area contributed by atoms with Crippen molar-refractivity contribution in [3.05, 3.63) is 58.7 Å². The third kappa shape index (κ3) is 5.41. The molecule has 0 spiro atoms. The van der Waals surface area contributed by atoms with Crippen molar-refractivity contribution in [2.45, 2.75) is 25.6 Å². The van der Waals surface area contributed by atoms with Gasteiger partial charge in [-0.1, -0.05) is 12.1 Å². The Morgan fingerprint density at radius 3 is 2.29 bits per heavy atom. The first-order valence-corrected chi connectivity index (χ1v) is 10.4. The molecule has 11 heteroatoms. The van der Waals surface area contributed by atoms with Crippen molar-refractivity contribution >= 4 is 17.6 Å². The Kier molecular flexibility index (Phi) is 7.33. The van der Waals surface area contributed by atoms with Crippen molar-refractivity contribution in [1.29, 1.82) is 0 Å². The Labute approximate surface area is 194 Å². The van der Waals surface area contributed by atoms with E-state index in [4.69, 9.17) is 9.47 Å². The molecule has 0 saturated carbocycles. The Hall–Kier alpha value is -3.76. The number of urea groups is 1. The molecule has 3 amide bonds. The summed E-state index contributed by atoms with van der Waals surface area (Å²) in [5.41, 5.74) is 2.62. The molecular formula is C23H25F3N4O4. The van der Waals surface area contributed by atoms with Crippen LogP contribution in [0.5, 0.6) is 11.5 Å². The second kappa shape index (κ2) is 10.0. The zero-order valence-corrected chi connectivity index (χ0v) is 19.1. The van der Waals surface area contributed by atoms with E-state index in [1.54, 1.807) is 18.2 Å². The maximum Gasteiger partial charge on any atom is 0.405 e. The SMILES string of the molecule is CNC(=O)N1N=C(c2ccc(C(=O)NCC(F)(F)F)cc2)c2cc(OC)c(OC)cc2C[C@H]1C. The monoisotopic (exact) mass is 478 g/mol. The number of methoxy groups -OCH3 is 2. The van der Waals surface area contributed by atoms with E-state index in [1.165, 1.54) is 38.4 Å². The lowest BCUT2D eigenvalue weighted by molar-refractivity contribution is -0.123. The zero-order chi connectivity index (χ0) is 25.0. The van der Waals surface area contributed by atoms with Gasteiger partial charge in [-0.05, 0) is 43.2 Å². The van der Waals surface area contributed by atoms with Gasteiger partial charge in [0.25, 0.3) is 5.91 Å². The predicted molar refractivity (Wildman–Crippen MR) is 119 cm³/mol. The minimum atomic E-state index is -4.51. The van der Waals surface area contributed by atoms with Crippen LogP contribution in [0.25, 0.3) is 0 Å². The number of benzene rings is 2. The summed E-state index contributed by atoms with van der Waals surface area (Å²) >= 11 is 0. The number of amides is 3. The maximum absolute atomic E-state index is 12.5. The van der Waals surface area contributed by atoms with E-state index in [1.807, 2.05) is 18.3 Å². The van der Waals surface area contributed by atoms with Gasteiger partial charge in [0.05, 0.1) is 26.0 Å². The number of nitrogens with one attached hydrogen (secondary N) is 2. The van der Waals surface area contributed by atoms with E-state index in [2.05, 4.69) is 10.4 Å². The second-order valence-corrected chi connectivity index (χ2v) is 7.64. The number of fused-ring (bicyclic) bond motifs is 1. The summed E-state index contributed by atoms with van der Waals surface area (Å²) in [6.07, 6.45) is -4.03. The van der Waals surface area contributed by atoms with Crippen molar-refractivity contribution < 1.29 is 32.2 Å². The molecule has 0 radical (unpaired) electrons. The Bertz CT molecular complexity index is 1100. The second-order valence-electron chi connectivity index (χ2n) is 7.64. The summed E-state index contributed by atoms with van der Waals surface area (Å²) in [6, 6.07) is 8.84. The minimum Gasteiger partial charge on any atom is -0.493 e. The number of ether oxygens (including phenoxy) is 2. The molecule has 34 heavy (non-hydrogen) atoms. The normalized spacial score (nSPS) is 15.6. The molecule has 3 rings (SSSR count). The molecule has 1 heterocycles. The molecular weight excluding hydrogens is 453 g/mol. The number of nitrogens with zero attached hydrogens (tertiary/aromatic N) is 2. The zero-order valence-electron chi connectivity index (χ0n) is 19.1. The van der Waals surface area contributed by atoms with Gasteiger partial charge in [-0.15, -0.1) is 0 Å². The van der Waals surface area contributed by atoms with E-state index >= 15 is 0 Å². The summed E-state index contributed by atoms with van der Waals surface area (Å²) in [7, 11) is 4.53. The fourth-order valence-electron chi connectivity index (χ4n) is 3.61. The molecule has 1 aliphatic heterocycles. The van der Waals surface area contributed by atoms with Gasteiger partial charge in [0.1, 0.15) is 6.54 Å². The summed E-state index contributed by atoms with van der Waals surface area (Å²) in [5, 5.41) is 10.4. The molecule has 0 aromatic heterocycles. The van der Waals surface area contributed by atoms with Gasteiger partial charge in [-0.25, -0.2) is 9.80 Å². The van der Waals surface area contributed by atoms with Gasteiger partial charge in [0.15, 0.2) is 11.5 Å². The van der Waals surface area contributed by atoms with Crippen molar-refractivity contribution in [3.8, 4) is 11.5 Å².